The predicted octanol–water partition coefficient (Wildman–Crippen LogP) is 2.29. The number of hydrogen-bond acceptors (Lipinski definition) is 6. The van der Waals surface area contributed by atoms with Crippen LogP contribution < -0.4 is 16.8 Å². The fourth-order valence-electron chi connectivity index (χ4n) is 2.23. The minimum Gasteiger partial charge on any atom is -0.477 e. The molecular formula is C14H20N4O2S. The molecule has 6 nitrogen and oxygen atoms in total. The van der Waals surface area contributed by atoms with E-state index in [1.807, 2.05) is 6.07 Å². The van der Waals surface area contributed by atoms with Crippen LogP contribution in [0, 0.1) is 0 Å². The van der Waals surface area contributed by atoms with Crippen LogP contribution >= 0.6 is 11.3 Å². The highest BCUT2D eigenvalue weighted by atomic mass is 32.1. The molecule has 0 saturated heterocycles. The molecule has 0 aliphatic rings. The lowest BCUT2D eigenvalue weighted by Crippen LogP contribution is -2.09. The zero-order valence-corrected chi connectivity index (χ0v) is 12.8. The molecule has 0 saturated carbocycles. The Morgan fingerprint density at radius 1 is 1.52 bits per heavy atom. The Balaban J connectivity index is 2.48. The van der Waals surface area contributed by atoms with Crippen molar-refractivity contribution in [1.82, 2.24) is 4.98 Å². The van der Waals surface area contributed by atoms with Gasteiger partial charge in [0.05, 0.1) is 5.69 Å². The molecule has 0 aliphatic carbocycles. The summed E-state index contributed by atoms with van der Waals surface area (Å²) in [6, 6.07) is 1.96. The summed E-state index contributed by atoms with van der Waals surface area (Å²) in [5.41, 5.74) is 12.8. The summed E-state index contributed by atoms with van der Waals surface area (Å²) in [5, 5.41) is 13.2. The van der Waals surface area contributed by atoms with Crippen LogP contribution in [0.5, 0.6) is 0 Å². The maximum atomic E-state index is 11.2. The number of fused-ring (bicyclic) bond motifs is 1. The largest absolute Gasteiger partial charge is 0.477 e. The van der Waals surface area contributed by atoms with Gasteiger partial charge in [-0.05, 0) is 31.0 Å². The van der Waals surface area contributed by atoms with Crippen molar-refractivity contribution >= 4 is 39.0 Å². The maximum absolute atomic E-state index is 11.2. The minimum absolute atomic E-state index is 0.161. The zero-order valence-electron chi connectivity index (χ0n) is 12.0. The van der Waals surface area contributed by atoms with Gasteiger partial charge in [0.2, 0.25) is 0 Å². The summed E-state index contributed by atoms with van der Waals surface area (Å²) in [6.07, 6.45) is 2.65. The third-order valence-electron chi connectivity index (χ3n) is 3.18. The number of carboxylic acid groups (broad SMARTS) is 1. The monoisotopic (exact) mass is 308 g/mol. The van der Waals surface area contributed by atoms with Crippen molar-refractivity contribution in [2.24, 2.45) is 5.73 Å². The number of nitrogens with zero attached hydrogens (tertiary/aromatic N) is 1. The first kappa shape index (κ1) is 15.5. The number of pyridine rings is 1. The van der Waals surface area contributed by atoms with Gasteiger partial charge >= 0.3 is 5.97 Å². The van der Waals surface area contributed by atoms with Crippen LogP contribution in [0.2, 0.25) is 0 Å². The Morgan fingerprint density at radius 3 is 2.90 bits per heavy atom. The molecule has 0 unspecified atom stereocenters. The smallest absolute Gasteiger partial charge is 0.348 e. The van der Waals surface area contributed by atoms with Crippen molar-refractivity contribution in [3.8, 4) is 0 Å². The third kappa shape index (κ3) is 3.25. The number of nitrogen functional groups attached to an aromatic ring is 1. The number of aryl methyl sites for hydroxylation is 1. The molecule has 7 heteroatoms. The number of hydrogen-bond donors (Lipinski definition) is 4. The van der Waals surface area contributed by atoms with E-state index in [0.717, 1.165) is 53.9 Å². The van der Waals surface area contributed by atoms with E-state index in [9.17, 15) is 9.90 Å². The Kier molecular flexibility index (Phi) is 4.98. The fourth-order valence-corrected chi connectivity index (χ4v) is 3.21. The second-order valence-corrected chi connectivity index (χ2v) is 5.81. The number of thiophene rings is 1. The van der Waals surface area contributed by atoms with Gasteiger partial charge in [-0.3, -0.25) is 0 Å². The molecule has 0 aliphatic heterocycles. The van der Waals surface area contributed by atoms with Gasteiger partial charge in [-0.25, -0.2) is 9.78 Å². The van der Waals surface area contributed by atoms with Gasteiger partial charge in [0.15, 0.2) is 0 Å². The number of carbonyl (C=O) groups is 1. The molecule has 21 heavy (non-hydrogen) atoms. The van der Waals surface area contributed by atoms with Crippen molar-refractivity contribution in [2.45, 2.75) is 26.2 Å². The van der Waals surface area contributed by atoms with Crippen molar-refractivity contribution in [1.29, 1.82) is 0 Å². The Labute approximate surface area is 127 Å². The summed E-state index contributed by atoms with van der Waals surface area (Å²) < 4.78 is 0. The molecule has 2 heterocycles. The highest BCUT2D eigenvalue weighted by Gasteiger charge is 2.19. The molecule has 0 aromatic carbocycles. The van der Waals surface area contributed by atoms with Gasteiger partial charge < -0.3 is 21.9 Å². The minimum atomic E-state index is -1.00. The number of aromatic carboxylic acids is 1. The Bertz CT molecular complexity index is 654. The molecule has 0 fully saturated rings. The first-order valence-electron chi connectivity index (χ1n) is 6.97. The molecule has 2 rings (SSSR count). The van der Waals surface area contributed by atoms with Gasteiger partial charge in [0.1, 0.15) is 15.5 Å². The molecule has 0 bridgehead atoms. The van der Waals surface area contributed by atoms with Crippen LogP contribution in [0.3, 0.4) is 0 Å². The van der Waals surface area contributed by atoms with E-state index in [4.69, 9.17) is 11.5 Å². The molecule has 114 valence electrons. The number of aromatic nitrogens is 1. The highest BCUT2D eigenvalue weighted by Crippen LogP contribution is 2.36. The van der Waals surface area contributed by atoms with Crippen LogP contribution in [0.4, 0.5) is 11.5 Å². The van der Waals surface area contributed by atoms with Crippen LogP contribution in [-0.4, -0.2) is 29.1 Å². The van der Waals surface area contributed by atoms with E-state index in [2.05, 4.69) is 17.2 Å². The van der Waals surface area contributed by atoms with Crippen molar-refractivity contribution in [3.63, 3.8) is 0 Å². The van der Waals surface area contributed by atoms with Crippen LogP contribution in [0.25, 0.3) is 10.2 Å². The summed E-state index contributed by atoms with van der Waals surface area (Å²) in [5.74, 6) is -0.256. The molecule has 0 radical (unpaired) electrons. The summed E-state index contributed by atoms with van der Waals surface area (Å²) in [4.78, 5) is 16.5. The van der Waals surface area contributed by atoms with Crippen molar-refractivity contribution in [2.75, 3.05) is 24.1 Å². The van der Waals surface area contributed by atoms with Crippen molar-refractivity contribution < 1.29 is 9.90 Å². The second kappa shape index (κ2) is 6.73. The Morgan fingerprint density at radius 2 is 2.29 bits per heavy atom. The molecule has 2 aromatic rings. The van der Waals surface area contributed by atoms with Crippen LogP contribution in [0.15, 0.2) is 6.07 Å². The molecular weight excluding hydrogens is 288 g/mol. The molecule has 0 atom stereocenters. The quantitative estimate of drug-likeness (QED) is 0.583. The number of nitrogens with two attached hydrogens (primary N) is 2. The van der Waals surface area contributed by atoms with Gasteiger partial charge in [0, 0.05) is 11.9 Å². The van der Waals surface area contributed by atoms with E-state index in [1.54, 1.807) is 0 Å². The summed E-state index contributed by atoms with van der Waals surface area (Å²) in [7, 11) is 0. The lowest BCUT2D eigenvalue weighted by molar-refractivity contribution is 0.0703. The van der Waals surface area contributed by atoms with Gasteiger partial charge in [-0.1, -0.05) is 13.3 Å². The summed E-state index contributed by atoms with van der Waals surface area (Å²) >= 11 is 1.13. The first-order valence-corrected chi connectivity index (χ1v) is 7.79. The normalized spacial score (nSPS) is 11.0. The molecule has 2 aromatic heterocycles. The van der Waals surface area contributed by atoms with Crippen molar-refractivity contribution in [3.05, 3.63) is 16.5 Å². The lowest BCUT2D eigenvalue weighted by Gasteiger charge is -2.09. The second-order valence-electron chi connectivity index (χ2n) is 4.82. The first-order chi connectivity index (χ1) is 10.1. The van der Waals surface area contributed by atoms with E-state index < -0.39 is 5.97 Å². The molecule has 0 spiro atoms. The number of anilines is 2. The summed E-state index contributed by atoms with van der Waals surface area (Å²) in [6.45, 7) is 3.44. The predicted molar refractivity (Wildman–Crippen MR) is 87.1 cm³/mol. The van der Waals surface area contributed by atoms with E-state index in [0.29, 0.717) is 17.1 Å². The topological polar surface area (TPSA) is 114 Å². The number of nitrogens with one attached hydrogen (secondary N) is 1. The average molecular weight is 308 g/mol. The van der Waals surface area contributed by atoms with Crippen LogP contribution in [-0.2, 0) is 6.42 Å². The van der Waals surface area contributed by atoms with Crippen LogP contribution in [0.1, 0.15) is 35.0 Å². The lowest BCUT2D eigenvalue weighted by atomic mass is 10.1. The van der Waals surface area contributed by atoms with E-state index >= 15 is 0 Å². The number of rotatable bonds is 7. The fraction of sp³-hybridized carbons (Fsp3) is 0.429. The molecule has 6 N–H and O–H groups in total. The van der Waals surface area contributed by atoms with Gasteiger partial charge in [0.25, 0.3) is 0 Å². The molecule has 0 amide bonds. The average Bonchev–Trinajstić information content (AvgIpc) is 2.77. The number of carboxylic acids is 1. The Hall–Kier alpha value is -1.86. The van der Waals surface area contributed by atoms with Gasteiger partial charge in [-0.15, -0.1) is 11.3 Å². The van der Waals surface area contributed by atoms with Gasteiger partial charge in [-0.2, -0.15) is 0 Å². The highest BCUT2D eigenvalue weighted by molar-refractivity contribution is 7.21. The third-order valence-corrected chi connectivity index (χ3v) is 4.27. The standard InChI is InChI=1S/C14H20N4O2S/c1-2-4-8-7-9(17-6-3-5-15)18-13-10(8)11(16)12(21-13)14(19)20/h7H,2-6,15-16H2,1H3,(H,17,18)(H,19,20). The zero-order chi connectivity index (χ0) is 15.4. The maximum Gasteiger partial charge on any atom is 0.348 e. The van der Waals surface area contributed by atoms with E-state index in [-0.39, 0.29) is 4.88 Å². The van der Waals surface area contributed by atoms with E-state index in [1.165, 1.54) is 0 Å². The SMILES string of the molecule is CCCc1cc(NCCCN)nc2sc(C(=O)O)c(N)c12.